The van der Waals surface area contributed by atoms with Gasteiger partial charge in [0.05, 0.1) is 9.79 Å². The number of hydrogen-bond acceptors (Lipinski definition) is 5. The Morgan fingerprint density at radius 3 is 2.18 bits per heavy atom. The molecule has 1 aromatic rings. The zero-order chi connectivity index (χ0) is 16.5. The molecule has 2 rings (SSSR count). The summed E-state index contributed by atoms with van der Waals surface area (Å²) in [4.78, 5) is -0.266. The van der Waals surface area contributed by atoms with Crippen molar-refractivity contribution in [2.24, 2.45) is 16.8 Å². The van der Waals surface area contributed by atoms with Gasteiger partial charge in [0.15, 0.2) is 0 Å². The molecule has 1 unspecified atom stereocenters. The SMILES string of the molecule is CC(N)C1CCN(S(=O)(=O)c2cccc(S(N)(=O)=O)c2)CC1. The fourth-order valence-electron chi connectivity index (χ4n) is 2.60. The molecule has 0 amide bonds. The van der Waals surface area contributed by atoms with E-state index in [0.29, 0.717) is 31.8 Å². The van der Waals surface area contributed by atoms with E-state index in [4.69, 9.17) is 10.9 Å². The van der Waals surface area contributed by atoms with Crippen LogP contribution < -0.4 is 10.9 Å². The van der Waals surface area contributed by atoms with Crippen LogP contribution in [0.15, 0.2) is 34.1 Å². The molecule has 7 nitrogen and oxygen atoms in total. The Morgan fingerprint density at radius 2 is 1.68 bits per heavy atom. The lowest BCUT2D eigenvalue weighted by molar-refractivity contribution is 0.250. The van der Waals surface area contributed by atoms with E-state index in [1.54, 1.807) is 0 Å². The number of nitrogens with zero attached hydrogens (tertiary/aromatic N) is 1. The van der Waals surface area contributed by atoms with Gasteiger partial charge < -0.3 is 5.73 Å². The highest BCUT2D eigenvalue weighted by Gasteiger charge is 2.31. The van der Waals surface area contributed by atoms with E-state index in [9.17, 15) is 16.8 Å². The molecule has 0 saturated carbocycles. The van der Waals surface area contributed by atoms with Crippen LogP contribution in [0.25, 0.3) is 0 Å². The molecule has 1 aliphatic rings. The number of rotatable bonds is 4. The second kappa shape index (κ2) is 6.25. The fourth-order valence-corrected chi connectivity index (χ4v) is 4.75. The van der Waals surface area contributed by atoms with Gasteiger partial charge in [-0.05, 0) is 43.9 Å². The summed E-state index contributed by atoms with van der Waals surface area (Å²) in [5.74, 6) is 0.308. The minimum atomic E-state index is -3.94. The molecule has 0 radical (unpaired) electrons. The lowest BCUT2D eigenvalue weighted by Gasteiger charge is -2.32. The summed E-state index contributed by atoms with van der Waals surface area (Å²) in [5.41, 5.74) is 5.85. The molecule has 1 heterocycles. The molecule has 0 aromatic heterocycles. The molecule has 124 valence electrons. The molecule has 1 atom stereocenters. The van der Waals surface area contributed by atoms with E-state index in [1.807, 2.05) is 6.92 Å². The average Bonchev–Trinajstić information content (AvgIpc) is 2.46. The van der Waals surface area contributed by atoms with Crippen molar-refractivity contribution in [1.29, 1.82) is 0 Å². The van der Waals surface area contributed by atoms with Crippen LogP contribution in [0, 0.1) is 5.92 Å². The van der Waals surface area contributed by atoms with Gasteiger partial charge >= 0.3 is 0 Å². The first-order chi connectivity index (χ1) is 10.1. The quantitative estimate of drug-likeness (QED) is 0.798. The Bertz CT molecular complexity index is 736. The number of primary sulfonamides is 1. The molecule has 0 spiro atoms. The molecule has 4 N–H and O–H groups in total. The van der Waals surface area contributed by atoms with E-state index in [-0.39, 0.29) is 15.8 Å². The largest absolute Gasteiger partial charge is 0.328 e. The molecule has 1 aliphatic heterocycles. The van der Waals surface area contributed by atoms with Crippen molar-refractivity contribution in [3.05, 3.63) is 24.3 Å². The molecule has 1 saturated heterocycles. The third-order valence-electron chi connectivity index (χ3n) is 4.01. The van der Waals surface area contributed by atoms with Gasteiger partial charge in [0.1, 0.15) is 0 Å². The predicted octanol–water partition coefficient (Wildman–Crippen LogP) is 0.0819. The van der Waals surface area contributed by atoms with Crippen LogP contribution in [-0.4, -0.2) is 40.3 Å². The summed E-state index contributed by atoms with van der Waals surface area (Å²) in [6.07, 6.45) is 1.40. The fraction of sp³-hybridized carbons (Fsp3) is 0.538. The first-order valence-corrected chi connectivity index (χ1v) is 9.99. The van der Waals surface area contributed by atoms with E-state index >= 15 is 0 Å². The van der Waals surface area contributed by atoms with Crippen molar-refractivity contribution in [2.45, 2.75) is 35.6 Å². The van der Waals surface area contributed by atoms with Gasteiger partial charge in [0.2, 0.25) is 20.0 Å². The van der Waals surface area contributed by atoms with Crippen LogP contribution in [0.3, 0.4) is 0 Å². The van der Waals surface area contributed by atoms with E-state index < -0.39 is 20.0 Å². The summed E-state index contributed by atoms with van der Waals surface area (Å²) in [6, 6.07) is 5.16. The number of hydrogen-bond donors (Lipinski definition) is 2. The zero-order valence-corrected chi connectivity index (χ0v) is 14.0. The third-order valence-corrected chi connectivity index (χ3v) is 6.82. The first kappa shape index (κ1) is 17.4. The summed E-state index contributed by atoms with van der Waals surface area (Å²) in [6.45, 7) is 2.69. The van der Waals surface area contributed by atoms with E-state index in [0.717, 1.165) is 6.07 Å². The van der Waals surface area contributed by atoms with Crippen molar-refractivity contribution in [2.75, 3.05) is 13.1 Å². The molecule has 22 heavy (non-hydrogen) atoms. The lowest BCUT2D eigenvalue weighted by atomic mass is 9.92. The molecule has 0 aliphatic carbocycles. The standard InChI is InChI=1S/C13H21N3O4S2/c1-10(14)11-5-7-16(8-6-11)22(19,20)13-4-2-3-12(9-13)21(15,17)18/h2-4,9-11H,5-8,14H2,1H3,(H2,15,17,18). The highest BCUT2D eigenvalue weighted by atomic mass is 32.2. The van der Waals surface area contributed by atoms with Crippen LogP contribution in [0.1, 0.15) is 19.8 Å². The topological polar surface area (TPSA) is 124 Å². The maximum absolute atomic E-state index is 12.6. The van der Waals surface area contributed by atoms with Crippen LogP contribution in [-0.2, 0) is 20.0 Å². The molecular weight excluding hydrogens is 326 g/mol. The van der Waals surface area contributed by atoms with Gasteiger partial charge in [-0.1, -0.05) is 6.07 Å². The Morgan fingerprint density at radius 1 is 1.14 bits per heavy atom. The molecular formula is C13H21N3O4S2. The van der Waals surface area contributed by atoms with Gasteiger partial charge in [-0.2, -0.15) is 4.31 Å². The highest BCUT2D eigenvalue weighted by molar-refractivity contribution is 7.90. The summed E-state index contributed by atoms with van der Waals surface area (Å²) in [5, 5.41) is 5.05. The second-order valence-corrected chi connectivity index (χ2v) is 9.12. The Balaban J connectivity index is 2.25. The van der Waals surface area contributed by atoms with Gasteiger partial charge in [-0.25, -0.2) is 22.0 Å². The zero-order valence-electron chi connectivity index (χ0n) is 12.3. The van der Waals surface area contributed by atoms with Crippen LogP contribution in [0.2, 0.25) is 0 Å². The predicted molar refractivity (Wildman–Crippen MR) is 82.9 cm³/mol. The van der Waals surface area contributed by atoms with Crippen LogP contribution in [0.5, 0.6) is 0 Å². The molecule has 9 heteroatoms. The van der Waals surface area contributed by atoms with Crippen molar-refractivity contribution in [3.8, 4) is 0 Å². The summed E-state index contributed by atoms with van der Waals surface area (Å²) < 4.78 is 49.3. The van der Waals surface area contributed by atoms with E-state index in [1.165, 1.54) is 22.5 Å². The third kappa shape index (κ3) is 3.66. The lowest BCUT2D eigenvalue weighted by Crippen LogP contribution is -2.42. The maximum atomic E-state index is 12.6. The number of benzene rings is 1. The monoisotopic (exact) mass is 347 g/mol. The van der Waals surface area contributed by atoms with Crippen LogP contribution in [0.4, 0.5) is 0 Å². The minimum Gasteiger partial charge on any atom is -0.328 e. The second-order valence-electron chi connectivity index (χ2n) is 5.62. The number of nitrogens with two attached hydrogens (primary N) is 2. The van der Waals surface area contributed by atoms with Gasteiger partial charge in [0, 0.05) is 19.1 Å². The van der Waals surface area contributed by atoms with E-state index in [2.05, 4.69) is 0 Å². The van der Waals surface area contributed by atoms with Crippen molar-refractivity contribution < 1.29 is 16.8 Å². The van der Waals surface area contributed by atoms with Gasteiger partial charge in [0.25, 0.3) is 0 Å². The van der Waals surface area contributed by atoms with Gasteiger partial charge in [-0.3, -0.25) is 0 Å². The first-order valence-electron chi connectivity index (χ1n) is 7.01. The normalized spacial score (nSPS) is 20.0. The molecule has 1 aromatic carbocycles. The average molecular weight is 347 g/mol. The number of sulfonamides is 2. The molecule has 1 fully saturated rings. The summed E-state index contributed by atoms with van der Waals surface area (Å²) in [7, 11) is -7.66. The maximum Gasteiger partial charge on any atom is 0.243 e. The Kier molecular flexibility index (Phi) is 4.93. The van der Waals surface area contributed by atoms with Crippen molar-refractivity contribution >= 4 is 20.0 Å². The van der Waals surface area contributed by atoms with Gasteiger partial charge in [-0.15, -0.1) is 0 Å². The van der Waals surface area contributed by atoms with Crippen molar-refractivity contribution in [1.82, 2.24) is 4.31 Å². The smallest absolute Gasteiger partial charge is 0.243 e. The van der Waals surface area contributed by atoms with Crippen LogP contribution >= 0.6 is 0 Å². The number of piperidine rings is 1. The van der Waals surface area contributed by atoms with Crippen molar-refractivity contribution in [3.63, 3.8) is 0 Å². The minimum absolute atomic E-state index is 0.0376. The highest BCUT2D eigenvalue weighted by Crippen LogP contribution is 2.26. The summed E-state index contributed by atoms with van der Waals surface area (Å²) >= 11 is 0. The Labute approximate surface area is 131 Å². The Hall–Kier alpha value is -1.00. The molecule has 0 bridgehead atoms.